The highest BCUT2D eigenvalue weighted by Gasteiger charge is 2.28. The molecule has 2 N–H and O–H groups in total. The number of aromatic carboxylic acids is 1. The Kier molecular flexibility index (Phi) is 4.61. The molecule has 0 amide bonds. The van der Waals surface area contributed by atoms with E-state index in [4.69, 9.17) is 16.1 Å². The molecule has 0 saturated heterocycles. The third-order valence-electron chi connectivity index (χ3n) is 3.82. The zero-order valence-electron chi connectivity index (χ0n) is 13.6. The highest BCUT2D eigenvalue weighted by molar-refractivity contribution is 6.33. The summed E-state index contributed by atoms with van der Waals surface area (Å²) in [5.41, 5.74) is 1.74. The first-order valence-electron chi connectivity index (χ1n) is 7.58. The lowest BCUT2D eigenvalue weighted by atomic mass is 10.0. The van der Waals surface area contributed by atoms with Gasteiger partial charge in [-0.25, -0.2) is 4.79 Å². The Balaban J connectivity index is 2.15. The van der Waals surface area contributed by atoms with Gasteiger partial charge in [0.05, 0.1) is 29.4 Å². The third kappa shape index (κ3) is 3.16. The van der Waals surface area contributed by atoms with Gasteiger partial charge < -0.3 is 14.7 Å². The van der Waals surface area contributed by atoms with Crippen molar-refractivity contribution in [1.29, 1.82) is 0 Å². The molecule has 1 atom stereocenters. The zero-order chi connectivity index (χ0) is 18.1. The minimum absolute atomic E-state index is 0.0761. The Morgan fingerprint density at radius 1 is 1.36 bits per heavy atom. The number of halogens is 1. The summed E-state index contributed by atoms with van der Waals surface area (Å²) >= 11 is 6.16. The predicted octanol–water partition coefficient (Wildman–Crippen LogP) is 3.25. The Labute approximate surface area is 148 Å². The van der Waals surface area contributed by atoms with Crippen LogP contribution in [0.25, 0.3) is 22.6 Å². The number of hydrogen-bond donors (Lipinski definition) is 2. The van der Waals surface area contributed by atoms with Crippen molar-refractivity contribution in [2.45, 2.75) is 26.5 Å². The van der Waals surface area contributed by atoms with Crippen LogP contribution in [0.1, 0.15) is 23.0 Å². The van der Waals surface area contributed by atoms with Crippen LogP contribution in [-0.2, 0) is 6.54 Å². The quantitative estimate of drug-likeness (QED) is 0.723. The molecular formula is C17H16ClN3O4. The van der Waals surface area contributed by atoms with Gasteiger partial charge in [0.1, 0.15) is 11.3 Å². The summed E-state index contributed by atoms with van der Waals surface area (Å²) in [6.45, 7) is 3.71. The molecule has 1 unspecified atom stereocenters. The van der Waals surface area contributed by atoms with E-state index in [1.807, 2.05) is 0 Å². The molecule has 0 bridgehead atoms. The number of carboxylic acid groups (broad SMARTS) is 1. The summed E-state index contributed by atoms with van der Waals surface area (Å²) in [4.78, 5) is 11.8. The summed E-state index contributed by atoms with van der Waals surface area (Å²) in [5.74, 6) is -1.06. The number of hydrogen-bond acceptors (Lipinski definition) is 5. The Morgan fingerprint density at radius 2 is 2.08 bits per heavy atom. The summed E-state index contributed by atoms with van der Waals surface area (Å²) in [6.07, 6.45) is 0.917. The van der Waals surface area contributed by atoms with Crippen molar-refractivity contribution in [2.24, 2.45) is 0 Å². The highest BCUT2D eigenvalue weighted by Crippen LogP contribution is 2.36. The van der Waals surface area contributed by atoms with E-state index >= 15 is 0 Å². The lowest BCUT2D eigenvalue weighted by molar-refractivity contribution is 0.0698. The molecule has 1 aromatic carbocycles. The van der Waals surface area contributed by atoms with Gasteiger partial charge >= 0.3 is 5.97 Å². The van der Waals surface area contributed by atoms with E-state index in [0.29, 0.717) is 28.4 Å². The van der Waals surface area contributed by atoms with Crippen LogP contribution < -0.4 is 0 Å². The van der Waals surface area contributed by atoms with Crippen LogP contribution in [-0.4, -0.2) is 37.2 Å². The molecule has 0 saturated carbocycles. The molecule has 0 spiro atoms. The maximum Gasteiger partial charge on any atom is 0.342 e. The number of nitrogens with zero attached hydrogens (tertiary/aromatic N) is 3. The SMILES string of the molecule is Cc1c(-c2onc(-c3ccccc3Cl)c2C(=O)O)cnn1CC(C)O. The molecule has 7 nitrogen and oxygen atoms in total. The van der Waals surface area contributed by atoms with Crippen LogP contribution in [0.15, 0.2) is 35.0 Å². The summed E-state index contributed by atoms with van der Waals surface area (Å²) in [6, 6.07) is 6.83. The molecule has 130 valence electrons. The molecule has 0 fully saturated rings. The fourth-order valence-corrected chi connectivity index (χ4v) is 2.84. The van der Waals surface area contributed by atoms with Crippen LogP contribution in [0.4, 0.5) is 0 Å². The van der Waals surface area contributed by atoms with Gasteiger partial charge in [-0.2, -0.15) is 5.10 Å². The Bertz CT molecular complexity index is 930. The summed E-state index contributed by atoms with van der Waals surface area (Å²) < 4.78 is 6.93. The van der Waals surface area contributed by atoms with E-state index in [0.717, 1.165) is 0 Å². The standard InChI is InChI=1S/C17H16ClN3O4/c1-9(22)8-21-10(2)12(7-19-21)16-14(17(23)24)15(20-25-16)11-5-3-4-6-13(11)18/h3-7,9,22H,8H2,1-2H3,(H,23,24). The largest absolute Gasteiger partial charge is 0.477 e. The van der Waals surface area contributed by atoms with E-state index in [1.54, 1.807) is 42.8 Å². The highest BCUT2D eigenvalue weighted by atomic mass is 35.5. The number of benzene rings is 1. The first-order valence-corrected chi connectivity index (χ1v) is 7.96. The van der Waals surface area contributed by atoms with Gasteiger partial charge in [0.25, 0.3) is 0 Å². The smallest absolute Gasteiger partial charge is 0.342 e. The van der Waals surface area contributed by atoms with Gasteiger partial charge in [-0.05, 0) is 19.9 Å². The first-order chi connectivity index (χ1) is 11.9. The molecule has 3 aromatic rings. The molecule has 25 heavy (non-hydrogen) atoms. The molecule has 8 heteroatoms. The molecule has 0 aliphatic heterocycles. The van der Waals surface area contributed by atoms with Crippen LogP contribution in [0, 0.1) is 6.92 Å². The number of aliphatic hydroxyl groups is 1. The van der Waals surface area contributed by atoms with Crippen LogP contribution in [0.5, 0.6) is 0 Å². The average molecular weight is 362 g/mol. The van der Waals surface area contributed by atoms with Gasteiger partial charge in [-0.15, -0.1) is 0 Å². The molecule has 3 rings (SSSR count). The molecule has 0 radical (unpaired) electrons. The Morgan fingerprint density at radius 3 is 2.72 bits per heavy atom. The van der Waals surface area contributed by atoms with E-state index in [1.165, 1.54) is 6.20 Å². The number of aliphatic hydroxyl groups excluding tert-OH is 1. The fourth-order valence-electron chi connectivity index (χ4n) is 2.61. The summed E-state index contributed by atoms with van der Waals surface area (Å²) in [7, 11) is 0. The molecule has 2 aromatic heterocycles. The van der Waals surface area contributed by atoms with Crippen LogP contribution in [0.3, 0.4) is 0 Å². The minimum atomic E-state index is -1.17. The fraction of sp³-hybridized carbons (Fsp3) is 0.235. The maximum absolute atomic E-state index is 11.8. The molecular weight excluding hydrogens is 346 g/mol. The van der Waals surface area contributed by atoms with Gasteiger partial charge in [-0.3, -0.25) is 4.68 Å². The lowest BCUT2D eigenvalue weighted by Crippen LogP contribution is -2.14. The normalized spacial score (nSPS) is 12.3. The van der Waals surface area contributed by atoms with E-state index in [2.05, 4.69) is 10.3 Å². The lowest BCUT2D eigenvalue weighted by Gasteiger charge is -2.07. The average Bonchev–Trinajstić information content (AvgIpc) is 3.12. The topological polar surface area (TPSA) is 101 Å². The van der Waals surface area contributed by atoms with E-state index in [-0.39, 0.29) is 17.0 Å². The number of carboxylic acids is 1. The second kappa shape index (κ2) is 6.70. The molecule has 0 aliphatic carbocycles. The van der Waals surface area contributed by atoms with Crippen molar-refractivity contribution in [3.05, 3.63) is 46.7 Å². The van der Waals surface area contributed by atoms with Crippen LogP contribution in [0.2, 0.25) is 5.02 Å². The van der Waals surface area contributed by atoms with Gasteiger partial charge in [0, 0.05) is 11.3 Å². The second-order valence-electron chi connectivity index (χ2n) is 5.70. The molecule has 0 aliphatic rings. The number of aromatic nitrogens is 3. The van der Waals surface area contributed by atoms with Crippen molar-refractivity contribution >= 4 is 17.6 Å². The Hall–Kier alpha value is -2.64. The maximum atomic E-state index is 11.8. The van der Waals surface area contributed by atoms with Crippen molar-refractivity contribution < 1.29 is 19.5 Å². The van der Waals surface area contributed by atoms with E-state index in [9.17, 15) is 15.0 Å². The van der Waals surface area contributed by atoms with Crippen molar-refractivity contribution in [3.63, 3.8) is 0 Å². The van der Waals surface area contributed by atoms with Crippen LogP contribution >= 0.6 is 11.6 Å². The predicted molar refractivity (Wildman–Crippen MR) is 91.5 cm³/mol. The van der Waals surface area contributed by atoms with Gasteiger partial charge in [-0.1, -0.05) is 35.0 Å². The first kappa shape index (κ1) is 17.2. The monoisotopic (exact) mass is 361 g/mol. The second-order valence-corrected chi connectivity index (χ2v) is 6.10. The van der Waals surface area contributed by atoms with Gasteiger partial charge in [0.2, 0.25) is 0 Å². The van der Waals surface area contributed by atoms with Gasteiger partial charge in [0.15, 0.2) is 5.76 Å². The van der Waals surface area contributed by atoms with Crippen molar-refractivity contribution in [1.82, 2.24) is 14.9 Å². The molecule has 2 heterocycles. The minimum Gasteiger partial charge on any atom is -0.477 e. The van der Waals surface area contributed by atoms with Crippen molar-refractivity contribution in [2.75, 3.05) is 0 Å². The summed E-state index contributed by atoms with van der Waals surface area (Å²) in [5, 5.41) is 27.7. The van der Waals surface area contributed by atoms with E-state index < -0.39 is 12.1 Å². The number of carbonyl (C=O) groups is 1. The number of rotatable bonds is 5. The third-order valence-corrected chi connectivity index (χ3v) is 4.15. The zero-order valence-corrected chi connectivity index (χ0v) is 14.4. The van der Waals surface area contributed by atoms with Crippen molar-refractivity contribution in [3.8, 4) is 22.6 Å².